The first-order valence-corrected chi connectivity index (χ1v) is 9.50. The van der Waals surface area contributed by atoms with Crippen molar-refractivity contribution in [2.75, 3.05) is 6.54 Å². The van der Waals surface area contributed by atoms with Crippen LogP contribution in [0.5, 0.6) is 0 Å². The molecule has 2 aromatic carbocycles. The van der Waals surface area contributed by atoms with Crippen LogP contribution in [-0.4, -0.2) is 17.9 Å². The van der Waals surface area contributed by atoms with Gasteiger partial charge < -0.3 is 5.11 Å². The highest BCUT2D eigenvalue weighted by molar-refractivity contribution is 6.35. The minimum Gasteiger partial charge on any atom is -0.378 e. The maximum absolute atomic E-state index is 10.3. The van der Waals surface area contributed by atoms with Crippen LogP contribution >= 0.6 is 34.8 Å². The molecule has 1 aliphatic carbocycles. The Morgan fingerprint density at radius 2 is 1.68 bits per heavy atom. The highest BCUT2D eigenvalue weighted by Gasteiger charge is 2.40. The summed E-state index contributed by atoms with van der Waals surface area (Å²) < 4.78 is 0. The first kappa shape index (κ1) is 17.4. The summed E-state index contributed by atoms with van der Waals surface area (Å²) in [5.74, 6) is 0.722. The van der Waals surface area contributed by atoms with E-state index in [9.17, 15) is 5.11 Å². The van der Waals surface area contributed by atoms with Gasteiger partial charge in [0.2, 0.25) is 0 Å². The summed E-state index contributed by atoms with van der Waals surface area (Å²) in [7, 11) is 0. The van der Waals surface area contributed by atoms with E-state index in [-0.39, 0.29) is 11.8 Å². The second-order valence-corrected chi connectivity index (χ2v) is 8.06. The van der Waals surface area contributed by atoms with Crippen molar-refractivity contribution in [1.82, 2.24) is 5.32 Å². The second-order valence-electron chi connectivity index (χ2n) is 6.78. The number of nitrogens with one attached hydrogen (secondary N) is 1. The number of benzene rings is 2. The SMILES string of the molecule is O[C@@H]1NC[C@H]2C[C@H](c3ccc(Cl)cc3)C(c3ccc(Cl)cc3Cl)=C[C@H]21. The number of aliphatic hydroxyl groups is 1. The average Bonchev–Trinajstić information content (AvgIpc) is 2.95. The summed E-state index contributed by atoms with van der Waals surface area (Å²) >= 11 is 18.6. The largest absolute Gasteiger partial charge is 0.378 e. The van der Waals surface area contributed by atoms with Crippen LogP contribution in [0.1, 0.15) is 23.5 Å². The number of fused-ring (bicyclic) bond motifs is 1. The van der Waals surface area contributed by atoms with Gasteiger partial charge in [0.15, 0.2) is 0 Å². The molecule has 0 radical (unpaired) electrons. The molecule has 0 amide bonds. The third-order valence-corrected chi connectivity index (χ3v) is 6.10. The van der Waals surface area contributed by atoms with Gasteiger partial charge in [-0.2, -0.15) is 0 Å². The van der Waals surface area contributed by atoms with Gasteiger partial charge >= 0.3 is 0 Å². The number of hydrogen-bond acceptors (Lipinski definition) is 2. The van der Waals surface area contributed by atoms with E-state index in [1.165, 1.54) is 5.56 Å². The number of halogens is 3. The van der Waals surface area contributed by atoms with Gasteiger partial charge in [-0.15, -0.1) is 0 Å². The van der Waals surface area contributed by atoms with Crippen molar-refractivity contribution in [1.29, 1.82) is 0 Å². The highest BCUT2D eigenvalue weighted by atomic mass is 35.5. The summed E-state index contributed by atoms with van der Waals surface area (Å²) in [6.07, 6.45) is 2.64. The molecule has 2 nitrogen and oxygen atoms in total. The van der Waals surface area contributed by atoms with E-state index in [2.05, 4.69) is 23.5 Å². The van der Waals surface area contributed by atoms with Crippen LogP contribution in [0.25, 0.3) is 5.57 Å². The van der Waals surface area contributed by atoms with Crippen molar-refractivity contribution in [2.24, 2.45) is 11.8 Å². The first-order valence-electron chi connectivity index (χ1n) is 8.37. The Kier molecular flexibility index (Phi) is 4.83. The predicted octanol–water partition coefficient (Wildman–Crippen LogP) is 5.37. The molecule has 1 saturated heterocycles. The van der Waals surface area contributed by atoms with Gasteiger partial charge in [-0.25, -0.2) is 0 Å². The lowest BCUT2D eigenvalue weighted by Crippen LogP contribution is -2.27. The number of rotatable bonds is 2. The van der Waals surface area contributed by atoms with E-state index in [4.69, 9.17) is 34.8 Å². The molecule has 2 aromatic rings. The number of allylic oxidation sites excluding steroid dienone is 1. The van der Waals surface area contributed by atoms with Crippen LogP contribution in [0.4, 0.5) is 0 Å². The molecule has 2 aliphatic rings. The zero-order valence-electron chi connectivity index (χ0n) is 13.4. The van der Waals surface area contributed by atoms with Gasteiger partial charge in [-0.05, 0) is 53.3 Å². The molecule has 1 aliphatic heterocycles. The zero-order valence-corrected chi connectivity index (χ0v) is 15.7. The van der Waals surface area contributed by atoms with Crippen LogP contribution in [0.3, 0.4) is 0 Å². The first-order chi connectivity index (χ1) is 12.0. The van der Waals surface area contributed by atoms with Gasteiger partial charge in [0.05, 0.1) is 0 Å². The smallest absolute Gasteiger partial charge is 0.111 e. The number of aliphatic hydroxyl groups excluding tert-OH is 1. The number of hydrogen-bond donors (Lipinski definition) is 2. The lowest BCUT2D eigenvalue weighted by Gasteiger charge is -2.33. The fourth-order valence-electron chi connectivity index (χ4n) is 4.03. The molecule has 1 fully saturated rings. The van der Waals surface area contributed by atoms with E-state index in [1.807, 2.05) is 24.3 Å². The monoisotopic (exact) mass is 393 g/mol. The minimum absolute atomic E-state index is 0.102. The van der Waals surface area contributed by atoms with E-state index >= 15 is 0 Å². The maximum atomic E-state index is 10.3. The quantitative estimate of drug-likeness (QED) is 0.717. The van der Waals surface area contributed by atoms with Gasteiger partial charge in [-0.1, -0.05) is 59.1 Å². The molecular weight excluding hydrogens is 377 g/mol. The fourth-order valence-corrected chi connectivity index (χ4v) is 4.68. The summed E-state index contributed by atoms with van der Waals surface area (Å²) in [4.78, 5) is 0. The molecule has 130 valence electrons. The summed E-state index contributed by atoms with van der Waals surface area (Å²) in [5.41, 5.74) is 3.33. The normalized spacial score (nSPS) is 28.6. The minimum atomic E-state index is -0.503. The van der Waals surface area contributed by atoms with Gasteiger partial charge in [-0.3, -0.25) is 5.32 Å². The van der Waals surface area contributed by atoms with Crippen LogP contribution in [0, 0.1) is 11.8 Å². The van der Waals surface area contributed by atoms with Crippen molar-refractivity contribution in [3.05, 3.63) is 74.7 Å². The molecule has 2 N–H and O–H groups in total. The van der Waals surface area contributed by atoms with Crippen molar-refractivity contribution < 1.29 is 5.11 Å². The second kappa shape index (κ2) is 6.94. The standard InChI is InChI=1S/C20H18Cl3NO/c21-13-3-1-11(2-4-13)16-7-12-10-24-20(25)17(12)9-18(16)15-6-5-14(22)8-19(15)23/h1-6,8-9,12,16-17,20,24-25H,7,10H2/t12-,16-,17-,20+/m1/s1. The van der Waals surface area contributed by atoms with Crippen molar-refractivity contribution in [2.45, 2.75) is 18.6 Å². The molecule has 0 aromatic heterocycles. The third-order valence-electron chi connectivity index (χ3n) is 5.30. The topological polar surface area (TPSA) is 32.3 Å². The van der Waals surface area contributed by atoms with E-state index in [0.29, 0.717) is 16.0 Å². The van der Waals surface area contributed by atoms with E-state index < -0.39 is 6.23 Å². The summed E-state index contributed by atoms with van der Waals surface area (Å²) in [5, 5.41) is 15.4. The molecule has 0 bridgehead atoms. The lowest BCUT2D eigenvalue weighted by atomic mass is 9.71. The summed E-state index contributed by atoms with van der Waals surface area (Å²) in [6.45, 7) is 0.827. The van der Waals surface area contributed by atoms with Crippen LogP contribution < -0.4 is 5.32 Å². The Balaban J connectivity index is 1.82. The fraction of sp³-hybridized carbons (Fsp3) is 0.300. The Bertz CT molecular complexity index is 818. The van der Waals surface area contributed by atoms with Gasteiger partial charge in [0.1, 0.15) is 6.23 Å². The third kappa shape index (κ3) is 3.34. The van der Waals surface area contributed by atoms with E-state index in [1.54, 1.807) is 6.07 Å². The van der Waals surface area contributed by atoms with Crippen LogP contribution in [0.15, 0.2) is 48.5 Å². The van der Waals surface area contributed by atoms with E-state index in [0.717, 1.165) is 29.1 Å². The zero-order chi connectivity index (χ0) is 17.6. The molecule has 5 heteroatoms. The maximum Gasteiger partial charge on any atom is 0.111 e. The van der Waals surface area contributed by atoms with Crippen LogP contribution in [0.2, 0.25) is 15.1 Å². The Morgan fingerprint density at radius 1 is 0.960 bits per heavy atom. The van der Waals surface area contributed by atoms with Crippen molar-refractivity contribution in [3.63, 3.8) is 0 Å². The predicted molar refractivity (Wildman–Crippen MR) is 104 cm³/mol. The molecular formula is C20H18Cl3NO. The Morgan fingerprint density at radius 3 is 2.40 bits per heavy atom. The van der Waals surface area contributed by atoms with Gasteiger partial charge in [0.25, 0.3) is 0 Å². The van der Waals surface area contributed by atoms with Gasteiger partial charge in [0, 0.05) is 33.4 Å². The molecule has 0 saturated carbocycles. The molecule has 0 spiro atoms. The Hall–Kier alpha value is -1.03. The molecule has 1 heterocycles. The lowest BCUT2D eigenvalue weighted by molar-refractivity contribution is 0.119. The van der Waals surface area contributed by atoms with Crippen molar-refractivity contribution >= 4 is 40.4 Å². The Labute approximate surface area is 162 Å². The summed E-state index contributed by atoms with van der Waals surface area (Å²) in [6, 6.07) is 13.6. The molecule has 4 atom stereocenters. The van der Waals surface area contributed by atoms with Crippen LogP contribution in [-0.2, 0) is 0 Å². The average molecular weight is 395 g/mol. The van der Waals surface area contributed by atoms with Crippen molar-refractivity contribution in [3.8, 4) is 0 Å². The molecule has 0 unspecified atom stereocenters. The highest BCUT2D eigenvalue weighted by Crippen LogP contribution is 2.48. The molecule has 25 heavy (non-hydrogen) atoms. The molecule has 4 rings (SSSR count).